The van der Waals surface area contributed by atoms with Crippen molar-refractivity contribution >= 4 is 27.4 Å². The monoisotopic (exact) mass is 369 g/mol. The van der Waals surface area contributed by atoms with Gasteiger partial charge in [-0.3, -0.25) is 0 Å². The first-order valence-corrected chi connectivity index (χ1v) is 9.58. The van der Waals surface area contributed by atoms with Crippen molar-refractivity contribution in [2.24, 2.45) is 0 Å². The number of nitrogens with one attached hydrogen (secondary N) is 1. The Kier molecular flexibility index (Phi) is 3.51. The van der Waals surface area contributed by atoms with Crippen LogP contribution in [-0.2, 0) is 0 Å². The normalized spacial score (nSPS) is 16.1. The SMILES string of the molecule is Cc1nc2c(C)c(O)c(-c3nn4cc(C5CCNCC5)nc4s3)cc2o1. The molecule has 8 heteroatoms. The second-order valence-electron chi connectivity index (χ2n) is 6.80. The molecule has 7 nitrogen and oxygen atoms in total. The number of benzene rings is 1. The van der Waals surface area contributed by atoms with E-state index < -0.39 is 0 Å². The summed E-state index contributed by atoms with van der Waals surface area (Å²) in [5.41, 5.74) is 3.83. The lowest BCUT2D eigenvalue weighted by Gasteiger charge is -2.20. The number of phenolic OH excluding ortho intramolecular Hbond substituents is 1. The fourth-order valence-electron chi connectivity index (χ4n) is 3.63. The van der Waals surface area contributed by atoms with E-state index >= 15 is 0 Å². The zero-order chi connectivity index (χ0) is 17.8. The first kappa shape index (κ1) is 15.8. The van der Waals surface area contributed by atoms with Crippen LogP contribution < -0.4 is 5.32 Å². The van der Waals surface area contributed by atoms with Crippen LogP contribution in [-0.4, -0.2) is 37.8 Å². The van der Waals surface area contributed by atoms with Crippen LogP contribution in [0.1, 0.15) is 35.9 Å². The van der Waals surface area contributed by atoms with Crippen molar-refractivity contribution in [2.75, 3.05) is 13.1 Å². The van der Waals surface area contributed by atoms with Crippen LogP contribution in [0.2, 0.25) is 0 Å². The topological polar surface area (TPSA) is 88.5 Å². The van der Waals surface area contributed by atoms with Crippen molar-refractivity contribution in [1.82, 2.24) is 24.9 Å². The van der Waals surface area contributed by atoms with Gasteiger partial charge in [0, 0.05) is 18.4 Å². The summed E-state index contributed by atoms with van der Waals surface area (Å²) >= 11 is 1.48. The minimum absolute atomic E-state index is 0.196. The molecule has 0 aliphatic carbocycles. The molecule has 0 atom stereocenters. The summed E-state index contributed by atoms with van der Waals surface area (Å²) in [4.78, 5) is 9.96. The maximum atomic E-state index is 10.6. The molecule has 0 radical (unpaired) electrons. The molecule has 0 amide bonds. The Morgan fingerprint density at radius 1 is 1.27 bits per heavy atom. The molecule has 1 saturated heterocycles. The molecule has 0 spiro atoms. The first-order chi connectivity index (χ1) is 12.6. The fourth-order valence-corrected chi connectivity index (χ4v) is 4.53. The standard InChI is InChI=1S/C18H19N5O2S/c1-9-15-14(25-10(2)20-15)7-12(16(9)24)17-22-23-8-13(21-18(23)26-17)11-3-5-19-6-4-11/h7-8,11,19,24H,3-6H2,1-2H3. The molecule has 2 N–H and O–H groups in total. The molecule has 4 aromatic rings. The fraction of sp³-hybridized carbons (Fsp3) is 0.389. The molecule has 3 aromatic heterocycles. The number of aromatic nitrogens is 4. The largest absolute Gasteiger partial charge is 0.507 e. The summed E-state index contributed by atoms with van der Waals surface area (Å²) in [7, 11) is 0. The van der Waals surface area contributed by atoms with Gasteiger partial charge in [0.15, 0.2) is 16.5 Å². The van der Waals surface area contributed by atoms with Crippen LogP contribution in [0.5, 0.6) is 5.75 Å². The van der Waals surface area contributed by atoms with Crippen LogP contribution >= 0.6 is 11.3 Å². The van der Waals surface area contributed by atoms with E-state index in [1.54, 1.807) is 6.92 Å². The maximum Gasteiger partial charge on any atom is 0.212 e. The molecule has 1 aliphatic rings. The van der Waals surface area contributed by atoms with Crippen molar-refractivity contribution in [2.45, 2.75) is 32.6 Å². The number of phenols is 1. The second kappa shape index (κ2) is 5.78. The van der Waals surface area contributed by atoms with Crippen LogP contribution in [0, 0.1) is 13.8 Å². The molecule has 26 heavy (non-hydrogen) atoms. The van der Waals surface area contributed by atoms with Crippen molar-refractivity contribution in [1.29, 1.82) is 0 Å². The van der Waals surface area contributed by atoms with Gasteiger partial charge in [-0.05, 0) is 38.9 Å². The Balaban J connectivity index is 1.57. The molecule has 0 unspecified atom stereocenters. The van der Waals surface area contributed by atoms with E-state index in [1.165, 1.54) is 11.3 Å². The quantitative estimate of drug-likeness (QED) is 0.563. The number of oxazole rings is 1. The lowest BCUT2D eigenvalue weighted by atomic mass is 9.95. The molecule has 5 rings (SSSR count). The maximum absolute atomic E-state index is 10.6. The molecule has 4 heterocycles. The molecule has 1 aliphatic heterocycles. The van der Waals surface area contributed by atoms with E-state index in [-0.39, 0.29) is 5.75 Å². The van der Waals surface area contributed by atoms with Crippen molar-refractivity contribution in [3.63, 3.8) is 0 Å². The lowest BCUT2D eigenvalue weighted by Crippen LogP contribution is -2.26. The minimum Gasteiger partial charge on any atom is -0.507 e. The zero-order valence-corrected chi connectivity index (χ0v) is 15.4. The third-order valence-electron chi connectivity index (χ3n) is 5.05. The number of aromatic hydroxyl groups is 1. The molecule has 0 bridgehead atoms. The average Bonchev–Trinajstić information content (AvgIpc) is 3.31. The van der Waals surface area contributed by atoms with Crippen LogP contribution in [0.4, 0.5) is 0 Å². The number of imidazole rings is 1. The van der Waals surface area contributed by atoms with E-state index in [9.17, 15) is 5.11 Å². The third-order valence-corrected chi connectivity index (χ3v) is 6.01. The first-order valence-electron chi connectivity index (χ1n) is 8.77. The van der Waals surface area contributed by atoms with Crippen molar-refractivity contribution < 1.29 is 9.52 Å². The number of piperidine rings is 1. The molecular formula is C18H19N5O2S. The van der Waals surface area contributed by atoms with Gasteiger partial charge in [-0.25, -0.2) is 14.5 Å². The van der Waals surface area contributed by atoms with Gasteiger partial charge in [0.2, 0.25) is 4.96 Å². The summed E-state index contributed by atoms with van der Waals surface area (Å²) in [5.74, 6) is 1.28. The van der Waals surface area contributed by atoms with Gasteiger partial charge in [0.1, 0.15) is 11.3 Å². The third kappa shape index (κ3) is 2.40. The molecular weight excluding hydrogens is 350 g/mol. The zero-order valence-electron chi connectivity index (χ0n) is 14.6. The highest BCUT2D eigenvalue weighted by Crippen LogP contribution is 2.39. The van der Waals surface area contributed by atoms with Gasteiger partial charge in [-0.2, -0.15) is 5.10 Å². The van der Waals surface area contributed by atoms with Crippen LogP contribution in [0.3, 0.4) is 0 Å². The molecule has 0 saturated carbocycles. The Bertz CT molecular complexity index is 1090. The van der Waals surface area contributed by atoms with Gasteiger partial charge in [-0.1, -0.05) is 11.3 Å². The summed E-state index contributed by atoms with van der Waals surface area (Å²) in [6.45, 7) is 5.73. The lowest BCUT2D eigenvalue weighted by molar-refractivity contribution is 0.454. The second-order valence-corrected chi connectivity index (χ2v) is 7.76. The summed E-state index contributed by atoms with van der Waals surface area (Å²) < 4.78 is 7.47. The smallest absolute Gasteiger partial charge is 0.212 e. The highest BCUT2D eigenvalue weighted by Gasteiger charge is 2.22. The number of aryl methyl sites for hydroxylation is 2. The van der Waals surface area contributed by atoms with Gasteiger partial charge < -0.3 is 14.8 Å². The molecule has 1 aromatic carbocycles. The van der Waals surface area contributed by atoms with Crippen molar-refractivity contribution in [3.8, 4) is 16.3 Å². The highest BCUT2D eigenvalue weighted by atomic mass is 32.1. The number of nitrogens with zero attached hydrogens (tertiary/aromatic N) is 4. The van der Waals surface area contributed by atoms with E-state index in [0.717, 1.165) is 41.6 Å². The van der Waals surface area contributed by atoms with E-state index in [0.29, 0.717) is 34.0 Å². The Morgan fingerprint density at radius 3 is 2.85 bits per heavy atom. The molecule has 1 fully saturated rings. The Hall–Kier alpha value is -2.45. The number of rotatable bonds is 2. The number of fused-ring (bicyclic) bond motifs is 2. The summed E-state index contributed by atoms with van der Waals surface area (Å²) in [6.07, 6.45) is 4.24. The summed E-state index contributed by atoms with van der Waals surface area (Å²) in [6, 6.07) is 1.81. The highest BCUT2D eigenvalue weighted by molar-refractivity contribution is 7.19. The Labute approximate surface area is 153 Å². The van der Waals surface area contributed by atoms with Crippen molar-refractivity contribution in [3.05, 3.63) is 29.4 Å². The number of hydrogen-bond acceptors (Lipinski definition) is 7. The predicted molar refractivity (Wildman–Crippen MR) is 99.9 cm³/mol. The minimum atomic E-state index is 0.196. The van der Waals surface area contributed by atoms with Crippen LogP contribution in [0.25, 0.3) is 26.6 Å². The summed E-state index contributed by atoms with van der Waals surface area (Å²) in [5, 5.41) is 19.4. The van der Waals surface area contributed by atoms with Gasteiger partial charge in [-0.15, -0.1) is 0 Å². The molecule has 134 valence electrons. The van der Waals surface area contributed by atoms with Crippen LogP contribution in [0.15, 0.2) is 16.7 Å². The van der Waals surface area contributed by atoms with Gasteiger partial charge in [0.05, 0.1) is 17.5 Å². The Morgan fingerprint density at radius 2 is 2.08 bits per heavy atom. The van der Waals surface area contributed by atoms with E-state index in [4.69, 9.17) is 9.40 Å². The van der Waals surface area contributed by atoms with Gasteiger partial charge >= 0.3 is 0 Å². The average molecular weight is 369 g/mol. The van der Waals surface area contributed by atoms with Gasteiger partial charge in [0.25, 0.3) is 0 Å². The number of hydrogen-bond donors (Lipinski definition) is 2. The van der Waals surface area contributed by atoms with E-state index in [2.05, 4.69) is 15.4 Å². The predicted octanol–water partition coefficient (Wildman–Crippen LogP) is 3.39. The van der Waals surface area contributed by atoms with E-state index in [1.807, 2.05) is 23.7 Å².